The van der Waals surface area contributed by atoms with Crippen LogP contribution in [0.5, 0.6) is 5.75 Å². The van der Waals surface area contributed by atoms with E-state index in [0.29, 0.717) is 11.3 Å². The van der Waals surface area contributed by atoms with Gasteiger partial charge in [-0.05, 0) is 54.1 Å². The van der Waals surface area contributed by atoms with E-state index in [1.807, 2.05) is 0 Å². The van der Waals surface area contributed by atoms with Crippen molar-refractivity contribution in [1.29, 1.82) is 0 Å². The monoisotopic (exact) mass is 471 g/mol. The zero-order valence-electron chi connectivity index (χ0n) is 17.0. The predicted molar refractivity (Wildman–Crippen MR) is 121 cm³/mol. The second-order valence-electron chi connectivity index (χ2n) is 6.49. The van der Waals surface area contributed by atoms with Crippen molar-refractivity contribution < 1.29 is 23.0 Å². The molecule has 0 amide bonds. The van der Waals surface area contributed by atoms with Crippen LogP contribution in [-0.2, 0) is 10.0 Å². The molecule has 13 heteroatoms. The first kappa shape index (κ1) is 23.1. The number of nitro benzene ring substituents is 2. The highest BCUT2D eigenvalue weighted by atomic mass is 32.2. The van der Waals surface area contributed by atoms with Crippen LogP contribution in [0, 0.1) is 20.2 Å². The van der Waals surface area contributed by atoms with Crippen LogP contribution in [0.1, 0.15) is 5.56 Å². The second kappa shape index (κ2) is 9.74. The highest BCUT2D eigenvalue weighted by molar-refractivity contribution is 7.92. The van der Waals surface area contributed by atoms with Crippen LogP contribution in [0.2, 0.25) is 0 Å². The van der Waals surface area contributed by atoms with Crippen molar-refractivity contribution in [3.8, 4) is 5.75 Å². The minimum Gasteiger partial charge on any atom is -0.497 e. The van der Waals surface area contributed by atoms with Gasteiger partial charge in [0, 0.05) is 23.9 Å². The number of nitrogens with one attached hydrogen (secondary N) is 2. The van der Waals surface area contributed by atoms with Gasteiger partial charge >= 0.3 is 0 Å². The number of methoxy groups -OCH3 is 1. The molecule has 0 fully saturated rings. The molecule has 0 aliphatic heterocycles. The third-order valence-electron chi connectivity index (χ3n) is 4.32. The van der Waals surface area contributed by atoms with Crippen molar-refractivity contribution in [2.45, 2.75) is 4.90 Å². The number of ether oxygens (including phenoxy) is 1. The number of hydrogen-bond donors (Lipinski definition) is 2. The molecule has 0 spiro atoms. The summed E-state index contributed by atoms with van der Waals surface area (Å²) in [6, 6.07) is 14.9. The van der Waals surface area contributed by atoms with E-state index in [2.05, 4.69) is 15.2 Å². The fourth-order valence-corrected chi connectivity index (χ4v) is 3.73. The van der Waals surface area contributed by atoms with Gasteiger partial charge in [0.2, 0.25) is 0 Å². The first-order valence-electron chi connectivity index (χ1n) is 9.18. The Morgan fingerprint density at radius 2 is 1.61 bits per heavy atom. The summed E-state index contributed by atoms with van der Waals surface area (Å²) in [4.78, 5) is 20.6. The quantitative estimate of drug-likeness (QED) is 0.270. The Bertz CT molecular complexity index is 1310. The molecule has 33 heavy (non-hydrogen) atoms. The number of rotatable bonds is 9. The number of anilines is 2. The van der Waals surface area contributed by atoms with E-state index in [-0.39, 0.29) is 22.0 Å². The Kier molecular flexibility index (Phi) is 6.83. The number of sulfonamides is 1. The van der Waals surface area contributed by atoms with Crippen molar-refractivity contribution in [2.75, 3.05) is 17.3 Å². The summed E-state index contributed by atoms with van der Waals surface area (Å²) in [5.41, 5.74) is 2.62. The lowest BCUT2D eigenvalue weighted by molar-refractivity contribution is -0.384. The van der Waals surface area contributed by atoms with Crippen LogP contribution >= 0.6 is 0 Å². The van der Waals surface area contributed by atoms with E-state index in [9.17, 15) is 28.6 Å². The summed E-state index contributed by atoms with van der Waals surface area (Å²) in [7, 11) is -2.62. The standard InChI is InChI=1S/C20H17N5O7S/c1-32-17-8-4-15(5-9-17)23-33(30,31)18-10-11-19(20(12-18)25(28)29)22-21-13-14-2-6-16(7-3-14)24(26)27/h2-13,22-23H,1H3. The fourth-order valence-electron chi connectivity index (χ4n) is 2.66. The molecule has 0 saturated carbocycles. The fraction of sp³-hybridized carbons (Fsp3) is 0.0500. The molecule has 3 rings (SSSR count). The molecule has 3 aromatic rings. The maximum absolute atomic E-state index is 12.7. The molecular formula is C20H17N5O7S. The molecule has 0 unspecified atom stereocenters. The van der Waals surface area contributed by atoms with Gasteiger partial charge in [-0.2, -0.15) is 5.10 Å². The van der Waals surface area contributed by atoms with E-state index < -0.39 is 25.6 Å². The minimum atomic E-state index is -4.10. The first-order chi connectivity index (χ1) is 15.7. The normalized spacial score (nSPS) is 11.2. The Labute approximate surface area is 187 Å². The molecule has 0 aromatic heterocycles. The molecular weight excluding hydrogens is 454 g/mol. The summed E-state index contributed by atoms with van der Waals surface area (Å²) < 4.78 is 32.7. The van der Waals surface area contributed by atoms with Gasteiger partial charge in [0.05, 0.1) is 28.1 Å². The van der Waals surface area contributed by atoms with Crippen molar-refractivity contribution in [3.63, 3.8) is 0 Å². The van der Waals surface area contributed by atoms with Gasteiger partial charge in [0.1, 0.15) is 11.4 Å². The largest absolute Gasteiger partial charge is 0.497 e. The van der Waals surface area contributed by atoms with Gasteiger partial charge in [-0.1, -0.05) is 0 Å². The molecule has 0 radical (unpaired) electrons. The lowest BCUT2D eigenvalue weighted by Crippen LogP contribution is -2.13. The SMILES string of the molecule is COc1ccc(NS(=O)(=O)c2ccc(NN=Cc3ccc([N+](=O)[O-])cc3)c([N+](=O)[O-])c2)cc1. The van der Waals surface area contributed by atoms with E-state index in [4.69, 9.17) is 4.74 Å². The zero-order valence-corrected chi connectivity index (χ0v) is 17.9. The smallest absolute Gasteiger partial charge is 0.295 e. The average molecular weight is 471 g/mol. The van der Waals surface area contributed by atoms with Crippen molar-refractivity contribution in [3.05, 3.63) is 92.5 Å². The summed E-state index contributed by atoms with van der Waals surface area (Å²) in [6.45, 7) is 0. The topological polar surface area (TPSA) is 166 Å². The lowest BCUT2D eigenvalue weighted by atomic mass is 10.2. The third kappa shape index (κ3) is 5.80. The van der Waals surface area contributed by atoms with E-state index in [0.717, 1.165) is 6.07 Å². The average Bonchev–Trinajstić information content (AvgIpc) is 2.79. The maximum atomic E-state index is 12.7. The number of nitrogens with zero attached hydrogens (tertiary/aromatic N) is 3. The summed E-state index contributed by atoms with van der Waals surface area (Å²) in [5, 5.41) is 26.0. The summed E-state index contributed by atoms with van der Waals surface area (Å²) in [6.07, 6.45) is 1.31. The molecule has 0 aliphatic carbocycles. The Morgan fingerprint density at radius 3 is 2.18 bits per heavy atom. The number of hydrazone groups is 1. The number of benzene rings is 3. The maximum Gasteiger partial charge on any atom is 0.295 e. The van der Waals surface area contributed by atoms with Crippen LogP contribution in [-0.4, -0.2) is 31.6 Å². The minimum absolute atomic E-state index is 0.0402. The molecule has 0 saturated heterocycles. The second-order valence-corrected chi connectivity index (χ2v) is 8.17. The van der Waals surface area contributed by atoms with E-state index >= 15 is 0 Å². The predicted octanol–water partition coefficient (Wildman–Crippen LogP) is 3.76. The van der Waals surface area contributed by atoms with Crippen molar-refractivity contribution in [2.24, 2.45) is 5.10 Å². The van der Waals surface area contributed by atoms with E-state index in [1.54, 1.807) is 12.1 Å². The van der Waals surface area contributed by atoms with Crippen LogP contribution in [0.15, 0.2) is 76.7 Å². The Balaban J connectivity index is 1.79. The molecule has 170 valence electrons. The third-order valence-corrected chi connectivity index (χ3v) is 5.70. The molecule has 0 heterocycles. The van der Waals surface area contributed by atoms with Crippen LogP contribution in [0.3, 0.4) is 0 Å². The molecule has 2 N–H and O–H groups in total. The van der Waals surface area contributed by atoms with Gasteiger partial charge in [0.15, 0.2) is 0 Å². The molecule has 3 aromatic carbocycles. The van der Waals surface area contributed by atoms with Gasteiger partial charge in [-0.15, -0.1) is 0 Å². The van der Waals surface area contributed by atoms with Gasteiger partial charge in [-0.3, -0.25) is 30.4 Å². The van der Waals surface area contributed by atoms with Gasteiger partial charge < -0.3 is 4.74 Å². The van der Waals surface area contributed by atoms with Crippen LogP contribution in [0.25, 0.3) is 0 Å². The Morgan fingerprint density at radius 1 is 0.939 bits per heavy atom. The van der Waals surface area contributed by atoms with Gasteiger partial charge in [-0.25, -0.2) is 8.42 Å². The van der Waals surface area contributed by atoms with Crippen molar-refractivity contribution in [1.82, 2.24) is 0 Å². The van der Waals surface area contributed by atoms with Gasteiger partial charge in [0.25, 0.3) is 21.4 Å². The molecule has 12 nitrogen and oxygen atoms in total. The molecule has 0 bridgehead atoms. The number of nitro groups is 2. The lowest BCUT2D eigenvalue weighted by Gasteiger charge is -2.10. The number of hydrogen-bond acceptors (Lipinski definition) is 9. The van der Waals surface area contributed by atoms with Crippen molar-refractivity contribution >= 4 is 39.0 Å². The highest BCUT2D eigenvalue weighted by Gasteiger charge is 2.21. The van der Waals surface area contributed by atoms with Crippen LogP contribution < -0.4 is 14.9 Å². The Hall–Kier alpha value is -4.52. The summed E-state index contributed by atoms with van der Waals surface area (Å²) >= 11 is 0. The van der Waals surface area contributed by atoms with E-state index in [1.165, 1.54) is 61.9 Å². The first-order valence-corrected chi connectivity index (χ1v) is 10.7. The molecule has 0 aliphatic rings. The molecule has 0 atom stereocenters. The van der Waals surface area contributed by atoms with Crippen LogP contribution in [0.4, 0.5) is 22.7 Å². The zero-order chi connectivity index (χ0) is 24.0. The number of non-ortho nitro benzene ring substituents is 1. The highest BCUT2D eigenvalue weighted by Crippen LogP contribution is 2.29. The summed E-state index contributed by atoms with van der Waals surface area (Å²) in [5.74, 6) is 0.540.